The second kappa shape index (κ2) is 11.5. The van der Waals surface area contributed by atoms with Crippen LogP contribution < -0.4 is 5.32 Å². The average Bonchev–Trinajstić information content (AvgIpc) is 3.25. The molecule has 2 aromatic heterocycles. The largest absolute Gasteiger partial charge is 0.461 e. The van der Waals surface area contributed by atoms with Gasteiger partial charge < -0.3 is 14.8 Å². The van der Waals surface area contributed by atoms with E-state index in [2.05, 4.69) is 10.3 Å². The van der Waals surface area contributed by atoms with Crippen LogP contribution in [0.1, 0.15) is 69.6 Å². The SMILES string of the molecule is CCOC(=O)c1cc(-c2ccc(NC(C)=O)cc2)c2c(C3CC(C(=O)OC(C)(C)C)C3)nn(-c3cc(F)cc(F)c3)c2n1. The molecule has 1 aliphatic rings. The lowest BCUT2D eigenvalue weighted by molar-refractivity contribution is -0.163. The minimum Gasteiger partial charge on any atom is -0.461 e. The number of rotatable bonds is 7. The summed E-state index contributed by atoms with van der Waals surface area (Å²) >= 11 is 0. The normalized spacial score (nSPS) is 16.4. The van der Waals surface area contributed by atoms with Crippen molar-refractivity contribution in [3.8, 4) is 16.8 Å². The Morgan fingerprint density at radius 3 is 2.26 bits per heavy atom. The van der Waals surface area contributed by atoms with E-state index in [9.17, 15) is 23.2 Å². The van der Waals surface area contributed by atoms with Gasteiger partial charge in [0.15, 0.2) is 11.3 Å². The van der Waals surface area contributed by atoms with Crippen LogP contribution in [0.4, 0.5) is 14.5 Å². The predicted octanol–water partition coefficient (Wildman–Crippen LogP) is 6.34. The standard InChI is InChI=1S/C32H32F2N4O5/c1-6-42-31(41)26-16-25(18-7-9-23(10-8-18)35-17(2)39)27-28(19-11-20(12-19)30(40)43-32(3,4)5)37-38(29(27)36-26)24-14-21(33)13-22(34)15-24/h7-10,13-16,19-20H,6,11-12H2,1-5H3,(H,35,39). The number of anilines is 1. The third kappa shape index (κ3) is 6.40. The Morgan fingerprint density at radius 2 is 1.67 bits per heavy atom. The van der Waals surface area contributed by atoms with Crippen molar-refractivity contribution >= 4 is 34.6 Å². The lowest BCUT2D eigenvalue weighted by atomic mass is 9.72. The molecule has 0 aliphatic heterocycles. The summed E-state index contributed by atoms with van der Waals surface area (Å²) in [7, 11) is 0. The van der Waals surface area contributed by atoms with Crippen molar-refractivity contribution in [2.45, 2.75) is 59.0 Å². The van der Waals surface area contributed by atoms with Crippen molar-refractivity contribution in [3.63, 3.8) is 0 Å². The minimum absolute atomic E-state index is 0.0138. The zero-order valence-corrected chi connectivity index (χ0v) is 24.5. The molecule has 2 aromatic carbocycles. The summed E-state index contributed by atoms with van der Waals surface area (Å²) in [6.07, 6.45) is 0.915. The number of carbonyl (C=O) groups excluding carboxylic acids is 3. The molecule has 2 heterocycles. The van der Waals surface area contributed by atoms with Crippen LogP contribution in [0.2, 0.25) is 0 Å². The summed E-state index contributed by atoms with van der Waals surface area (Å²) in [5, 5.41) is 8.07. The number of benzene rings is 2. The average molecular weight is 591 g/mol. The Labute approximate surface area is 247 Å². The van der Waals surface area contributed by atoms with E-state index >= 15 is 0 Å². The number of nitrogens with one attached hydrogen (secondary N) is 1. The van der Waals surface area contributed by atoms with Crippen LogP contribution in [0.3, 0.4) is 0 Å². The molecular formula is C32H32F2N4O5. The van der Waals surface area contributed by atoms with Crippen LogP contribution in [0.25, 0.3) is 27.8 Å². The molecule has 1 aliphatic carbocycles. The molecule has 9 nitrogen and oxygen atoms in total. The number of pyridine rings is 1. The van der Waals surface area contributed by atoms with Crippen LogP contribution in [0, 0.1) is 17.6 Å². The molecule has 0 unspecified atom stereocenters. The van der Waals surface area contributed by atoms with Gasteiger partial charge in [-0.05, 0) is 82.0 Å². The van der Waals surface area contributed by atoms with Gasteiger partial charge in [-0.1, -0.05) is 12.1 Å². The summed E-state index contributed by atoms with van der Waals surface area (Å²) in [5.41, 5.74) is 2.06. The van der Waals surface area contributed by atoms with Crippen LogP contribution in [-0.2, 0) is 19.1 Å². The number of ether oxygens (including phenoxy) is 2. The van der Waals surface area contributed by atoms with Crippen molar-refractivity contribution in [3.05, 3.63) is 71.6 Å². The van der Waals surface area contributed by atoms with Crippen molar-refractivity contribution in [2.24, 2.45) is 5.92 Å². The number of aromatic nitrogens is 3. The quantitative estimate of drug-likeness (QED) is 0.250. The highest BCUT2D eigenvalue weighted by Crippen LogP contribution is 2.46. The van der Waals surface area contributed by atoms with Gasteiger partial charge >= 0.3 is 11.9 Å². The molecule has 0 spiro atoms. The molecule has 1 saturated carbocycles. The number of esters is 2. The van der Waals surface area contributed by atoms with Gasteiger partial charge in [0.25, 0.3) is 0 Å². The second-order valence-electron chi connectivity index (χ2n) is 11.6. The Kier molecular flexibility index (Phi) is 8.00. The predicted molar refractivity (Wildman–Crippen MR) is 156 cm³/mol. The van der Waals surface area contributed by atoms with Gasteiger partial charge in [0.2, 0.25) is 5.91 Å². The summed E-state index contributed by atoms with van der Waals surface area (Å²) in [5.74, 6) is -3.31. The van der Waals surface area contributed by atoms with E-state index < -0.39 is 23.2 Å². The maximum absolute atomic E-state index is 14.4. The summed E-state index contributed by atoms with van der Waals surface area (Å²) in [6, 6.07) is 11.6. The molecule has 43 heavy (non-hydrogen) atoms. The lowest BCUT2D eigenvalue weighted by Gasteiger charge is -2.34. The van der Waals surface area contributed by atoms with Crippen LogP contribution in [0.15, 0.2) is 48.5 Å². The Balaban J connectivity index is 1.70. The van der Waals surface area contributed by atoms with Crippen LogP contribution in [-0.4, -0.2) is 44.8 Å². The van der Waals surface area contributed by atoms with Gasteiger partial charge in [0, 0.05) is 24.6 Å². The highest BCUT2D eigenvalue weighted by molar-refractivity contribution is 6.01. The number of amides is 1. The van der Waals surface area contributed by atoms with E-state index in [1.54, 1.807) is 37.3 Å². The zero-order chi connectivity index (χ0) is 31.1. The van der Waals surface area contributed by atoms with E-state index in [1.165, 1.54) is 11.6 Å². The molecule has 4 aromatic rings. The molecule has 11 heteroatoms. The number of carbonyl (C=O) groups is 3. The highest BCUT2D eigenvalue weighted by Gasteiger charge is 2.41. The fourth-order valence-corrected chi connectivity index (χ4v) is 5.16. The van der Waals surface area contributed by atoms with Gasteiger partial charge in [0.05, 0.1) is 29.3 Å². The van der Waals surface area contributed by atoms with E-state index in [-0.39, 0.29) is 47.3 Å². The summed E-state index contributed by atoms with van der Waals surface area (Å²) in [4.78, 5) is 41.8. The Hall–Kier alpha value is -4.67. The number of fused-ring (bicyclic) bond motifs is 1. The number of hydrogen-bond acceptors (Lipinski definition) is 7. The Morgan fingerprint density at radius 1 is 1.02 bits per heavy atom. The van der Waals surface area contributed by atoms with Crippen molar-refractivity contribution in [1.29, 1.82) is 0 Å². The molecule has 1 N–H and O–H groups in total. The monoisotopic (exact) mass is 590 g/mol. The number of nitrogens with zero attached hydrogens (tertiary/aromatic N) is 3. The maximum atomic E-state index is 14.4. The molecule has 1 fully saturated rings. The van der Waals surface area contributed by atoms with E-state index in [0.29, 0.717) is 40.7 Å². The lowest BCUT2D eigenvalue weighted by Crippen LogP contribution is -2.35. The fourth-order valence-electron chi connectivity index (χ4n) is 5.16. The Bertz CT molecular complexity index is 1700. The zero-order valence-electron chi connectivity index (χ0n) is 24.5. The summed E-state index contributed by atoms with van der Waals surface area (Å²) < 4.78 is 40.8. The highest BCUT2D eigenvalue weighted by atomic mass is 19.1. The molecule has 0 saturated heterocycles. The van der Waals surface area contributed by atoms with Crippen LogP contribution in [0.5, 0.6) is 0 Å². The third-order valence-electron chi connectivity index (χ3n) is 7.02. The first-order chi connectivity index (χ1) is 20.3. The fraction of sp³-hybridized carbons (Fsp3) is 0.344. The molecular weight excluding hydrogens is 558 g/mol. The summed E-state index contributed by atoms with van der Waals surface area (Å²) in [6.45, 7) is 8.63. The second-order valence-corrected chi connectivity index (χ2v) is 11.6. The molecule has 0 bridgehead atoms. The number of halogens is 2. The minimum atomic E-state index is -0.802. The topological polar surface area (TPSA) is 112 Å². The smallest absolute Gasteiger partial charge is 0.357 e. The van der Waals surface area contributed by atoms with Crippen molar-refractivity contribution in [2.75, 3.05) is 11.9 Å². The molecule has 0 atom stereocenters. The van der Waals surface area contributed by atoms with Gasteiger partial charge in [-0.2, -0.15) is 5.10 Å². The first-order valence-corrected chi connectivity index (χ1v) is 14.0. The van der Waals surface area contributed by atoms with Crippen LogP contribution >= 0.6 is 0 Å². The van der Waals surface area contributed by atoms with Crippen molar-refractivity contribution < 1.29 is 32.6 Å². The molecule has 5 rings (SSSR count). The number of hydrogen-bond donors (Lipinski definition) is 1. The maximum Gasteiger partial charge on any atom is 0.357 e. The van der Waals surface area contributed by atoms with Gasteiger partial charge in [0.1, 0.15) is 17.2 Å². The molecule has 224 valence electrons. The molecule has 1 amide bonds. The van der Waals surface area contributed by atoms with E-state index in [1.807, 2.05) is 20.8 Å². The van der Waals surface area contributed by atoms with Gasteiger partial charge in [-0.25, -0.2) is 23.2 Å². The third-order valence-corrected chi connectivity index (χ3v) is 7.02. The van der Waals surface area contributed by atoms with E-state index in [0.717, 1.165) is 18.2 Å². The first-order valence-electron chi connectivity index (χ1n) is 14.0. The first kappa shape index (κ1) is 29.8. The van der Waals surface area contributed by atoms with Gasteiger partial charge in [-0.15, -0.1) is 0 Å². The van der Waals surface area contributed by atoms with E-state index in [4.69, 9.17) is 14.6 Å². The van der Waals surface area contributed by atoms with Crippen molar-refractivity contribution in [1.82, 2.24) is 14.8 Å². The molecule has 0 radical (unpaired) electrons. The van der Waals surface area contributed by atoms with Gasteiger partial charge in [-0.3, -0.25) is 9.59 Å².